The van der Waals surface area contributed by atoms with E-state index in [1.54, 1.807) is 13.0 Å². The number of aryl methyl sites for hydroxylation is 1. The monoisotopic (exact) mass is 366 g/mol. The smallest absolute Gasteiger partial charge is 0.344 e. The van der Waals surface area contributed by atoms with Gasteiger partial charge in [-0.3, -0.25) is 4.98 Å². The standard InChI is InChI=1S/C20H15ClN2O3/c1-3-25-18-10-13(11-22)9-16(21)19(18)26-20(24)15-8-12(2)23-17-7-5-4-6-14(15)17/h4-10H,3H2,1-2H3. The molecule has 0 amide bonds. The summed E-state index contributed by atoms with van der Waals surface area (Å²) in [5.41, 5.74) is 2.11. The first-order valence-electron chi connectivity index (χ1n) is 7.98. The lowest BCUT2D eigenvalue weighted by Crippen LogP contribution is -2.11. The number of aromatic nitrogens is 1. The Labute approximate surface area is 155 Å². The normalized spacial score (nSPS) is 10.4. The van der Waals surface area contributed by atoms with E-state index in [-0.39, 0.29) is 16.5 Å². The molecule has 0 saturated heterocycles. The van der Waals surface area contributed by atoms with Crippen LogP contribution in [0.5, 0.6) is 11.5 Å². The van der Waals surface area contributed by atoms with Crippen LogP contribution in [0.1, 0.15) is 28.5 Å². The molecule has 0 aliphatic carbocycles. The Bertz CT molecular complexity index is 1040. The predicted molar refractivity (Wildman–Crippen MR) is 98.8 cm³/mol. The Balaban J connectivity index is 2.05. The summed E-state index contributed by atoms with van der Waals surface area (Å²) in [5.74, 6) is -0.227. The predicted octanol–water partition coefficient (Wildman–Crippen LogP) is 4.69. The van der Waals surface area contributed by atoms with E-state index >= 15 is 0 Å². The van der Waals surface area contributed by atoms with Crippen LogP contribution in [0, 0.1) is 18.3 Å². The van der Waals surface area contributed by atoms with Crippen molar-refractivity contribution in [2.75, 3.05) is 6.61 Å². The van der Waals surface area contributed by atoms with Crippen LogP contribution in [0.15, 0.2) is 42.5 Å². The molecule has 3 rings (SSSR count). The highest BCUT2D eigenvalue weighted by Gasteiger charge is 2.20. The maximum absolute atomic E-state index is 12.8. The van der Waals surface area contributed by atoms with Crippen LogP contribution < -0.4 is 9.47 Å². The fraction of sp³-hybridized carbons (Fsp3) is 0.150. The van der Waals surface area contributed by atoms with Crippen LogP contribution in [-0.2, 0) is 0 Å². The number of para-hydroxylation sites is 1. The zero-order valence-corrected chi connectivity index (χ0v) is 15.0. The zero-order valence-electron chi connectivity index (χ0n) is 14.2. The van der Waals surface area contributed by atoms with Crippen molar-refractivity contribution in [2.24, 2.45) is 0 Å². The molecule has 0 bridgehead atoms. The summed E-state index contributed by atoms with van der Waals surface area (Å²) in [4.78, 5) is 17.2. The third-order valence-electron chi connectivity index (χ3n) is 3.70. The molecule has 0 radical (unpaired) electrons. The number of carbonyl (C=O) groups excluding carboxylic acids is 1. The Kier molecular flexibility index (Phi) is 5.06. The number of carbonyl (C=O) groups is 1. The fourth-order valence-electron chi connectivity index (χ4n) is 2.62. The first kappa shape index (κ1) is 17.7. The van der Waals surface area contributed by atoms with Crippen molar-refractivity contribution < 1.29 is 14.3 Å². The summed E-state index contributed by atoms with van der Waals surface area (Å²) in [6.45, 7) is 3.94. The number of ether oxygens (including phenoxy) is 2. The van der Waals surface area contributed by atoms with E-state index in [9.17, 15) is 4.79 Å². The van der Waals surface area contributed by atoms with Gasteiger partial charge in [-0.25, -0.2) is 4.79 Å². The van der Waals surface area contributed by atoms with E-state index in [4.69, 9.17) is 26.3 Å². The second-order valence-electron chi connectivity index (χ2n) is 5.55. The summed E-state index contributed by atoms with van der Waals surface area (Å²) in [6, 6.07) is 13.9. The average Bonchev–Trinajstić information content (AvgIpc) is 2.63. The number of hydrogen-bond acceptors (Lipinski definition) is 5. The Hall–Kier alpha value is -3.10. The molecule has 0 fully saturated rings. The minimum Gasteiger partial charge on any atom is -0.490 e. The lowest BCUT2D eigenvalue weighted by molar-refractivity contribution is 0.0730. The maximum atomic E-state index is 12.8. The van der Waals surface area contributed by atoms with Crippen molar-refractivity contribution in [3.05, 3.63) is 64.3 Å². The van der Waals surface area contributed by atoms with Crippen molar-refractivity contribution in [2.45, 2.75) is 13.8 Å². The van der Waals surface area contributed by atoms with Crippen LogP contribution in [0.4, 0.5) is 0 Å². The van der Waals surface area contributed by atoms with Gasteiger partial charge in [0.15, 0.2) is 11.5 Å². The van der Waals surface area contributed by atoms with E-state index in [2.05, 4.69) is 4.98 Å². The summed E-state index contributed by atoms with van der Waals surface area (Å²) < 4.78 is 11.0. The lowest BCUT2D eigenvalue weighted by Gasteiger charge is -2.13. The number of pyridine rings is 1. The van der Waals surface area contributed by atoms with E-state index < -0.39 is 5.97 Å². The molecule has 0 aliphatic heterocycles. The van der Waals surface area contributed by atoms with Crippen molar-refractivity contribution in [3.8, 4) is 17.6 Å². The number of benzene rings is 2. The molecule has 0 atom stereocenters. The van der Waals surface area contributed by atoms with Crippen molar-refractivity contribution in [1.29, 1.82) is 5.26 Å². The Morgan fingerprint density at radius 1 is 1.27 bits per heavy atom. The number of rotatable bonds is 4. The lowest BCUT2D eigenvalue weighted by atomic mass is 10.1. The molecule has 0 aliphatic rings. The highest BCUT2D eigenvalue weighted by molar-refractivity contribution is 6.32. The molecule has 130 valence electrons. The number of halogens is 1. The van der Waals surface area contributed by atoms with Gasteiger partial charge in [-0.2, -0.15) is 5.26 Å². The molecule has 1 aromatic heterocycles. The molecular weight excluding hydrogens is 352 g/mol. The van der Waals surface area contributed by atoms with Crippen LogP contribution in [0.25, 0.3) is 10.9 Å². The van der Waals surface area contributed by atoms with Gasteiger partial charge in [0.05, 0.1) is 34.3 Å². The van der Waals surface area contributed by atoms with E-state index in [1.165, 1.54) is 12.1 Å². The molecule has 5 nitrogen and oxygen atoms in total. The summed E-state index contributed by atoms with van der Waals surface area (Å²) in [7, 11) is 0. The fourth-order valence-corrected chi connectivity index (χ4v) is 2.87. The van der Waals surface area contributed by atoms with Gasteiger partial charge in [0.2, 0.25) is 0 Å². The van der Waals surface area contributed by atoms with Crippen LogP contribution in [0.3, 0.4) is 0 Å². The van der Waals surface area contributed by atoms with Gasteiger partial charge >= 0.3 is 5.97 Å². The quantitative estimate of drug-likeness (QED) is 0.495. The van der Waals surface area contributed by atoms with Gasteiger partial charge in [-0.15, -0.1) is 0 Å². The molecule has 3 aromatic rings. The number of nitrogens with zero attached hydrogens (tertiary/aromatic N) is 2. The van der Waals surface area contributed by atoms with Gasteiger partial charge in [0, 0.05) is 17.1 Å². The minimum absolute atomic E-state index is 0.0936. The summed E-state index contributed by atoms with van der Waals surface area (Å²) in [6.07, 6.45) is 0. The molecule has 26 heavy (non-hydrogen) atoms. The molecule has 2 aromatic carbocycles. The van der Waals surface area contributed by atoms with Crippen molar-refractivity contribution in [3.63, 3.8) is 0 Å². The van der Waals surface area contributed by atoms with E-state index in [0.29, 0.717) is 34.3 Å². The van der Waals surface area contributed by atoms with Crippen LogP contribution >= 0.6 is 11.6 Å². The van der Waals surface area contributed by atoms with Gasteiger partial charge in [0.1, 0.15) is 0 Å². The minimum atomic E-state index is -0.570. The number of fused-ring (bicyclic) bond motifs is 1. The van der Waals surface area contributed by atoms with E-state index in [0.717, 1.165) is 0 Å². The first-order valence-corrected chi connectivity index (χ1v) is 8.36. The average molecular weight is 367 g/mol. The van der Waals surface area contributed by atoms with Gasteiger partial charge in [-0.05, 0) is 32.0 Å². The molecule has 0 unspecified atom stereocenters. The van der Waals surface area contributed by atoms with Crippen LogP contribution in [0.2, 0.25) is 5.02 Å². The SMILES string of the molecule is CCOc1cc(C#N)cc(Cl)c1OC(=O)c1cc(C)nc2ccccc12. The van der Waals surface area contributed by atoms with Crippen LogP contribution in [-0.4, -0.2) is 17.6 Å². The topological polar surface area (TPSA) is 72.2 Å². The molecule has 6 heteroatoms. The molecular formula is C20H15ClN2O3. The maximum Gasteiger partial charge on any atom is 0.344 e. The second kappa shape index (κ2) is 7.42. The van der Waals surface area contributed by atoms with Crippen molar-refractivity contribution in [1.82, 2.24) is 4.98 Å². The third kappa shape index (κ3) is 3.46. The first-order chi connectivity index (χ1) is 12.5. The highest BCUT2D eigenvalue weighted by Crippen LogP contribution is 2.37. The third-order valence-corrected chi connectivity index (χ3v) is 3.98. The number of esters is 1. The van der Waals surface area contributed by atoms with Gasteiger partial charge in [0.25, 0.3) is 0 Å². The second-order valence-corrected chi connectivity index (χ2v) is 5.96. The van der Waals surface area contributed by atoms with E-state index in [1.807, 2.05) is 37.3 Å². The largest absolute Gasteiger partial charge is 0.490 e. The number of nitriles is 1. The summed E-state index contributed by atoms with van der Waals surface area (Å²) >= 11 is 6.21. The van der Waals surface area contributed by atoms with Crippen molar-refractivity contribution >= 4 is 28.5 Å². The molecule has 1 heterocycles. The Morgan fingerprint density at radius 3 is 2.77 bits per heavy atom. The zero-order chi connectivity index (χ0) is 18.7. The number of hydrogen-bond donors (Lipinski definition) is 0. The highest BCUT2D eigenvalue weighted by atomic mass is 35.5. The Morgan fingerprint density at radius 2 is 2.04 bits per heavy atom. The molecule has 0 saturated carbocycles. The molecule has 0 N–H and O–H groups in total. The molecule has 0 spiro atoms. The summed E-state index contributed by atoms with van der Waals surface area (Å²) in [5, 5.41) is 9.90. The van der Waals surface area contributed by atoms with Gasteiger partial charge in [-0.1, -0.05) is 29.8 Å². The van der Waals surface area contributed by atoms with Gasteiger partial charge < -0.3 is 9.47 Å².